The Balaban J connectivity index is 1.25. The number of fused-ring (bicyclic) bond motifs is 5. The maximum absolute atomic E-state index is 12.4. The average molecular weight is 569 g/mol. The normalized spacial score (nSPS) is 56.1. The molecule has 0 spiro atoms. The van der Waals surface area contributed by atoms with Gasteiger partial charge < -0.3 is 50.0 Å². The zero-order chi connectivity index (χ0) is 28.8. The Labute approximate surface area is 233 Å². The molecule has 0 aromatic carbocycles. The molecule has 0 aromatic heterocycles. The van der Waals surface area contributed by atoms with Crippen molar-refractivity contribution in [3.8, 4) is 0 Å². The molecule has 11 heteroatoms. The van der Waals surface area contributed by atoms with Crippen LogP contribution in [0.3, 0.4) is 0 Å². The van der Waals surface area contributed by atoms with Crippen molar-refractivity contribution in [1.29, 1.82) is 0 Å². The van der Waals surface area contributed by atoms with E-state index in [4.69, 9.17) is 14.2 Å². The molecule has 0 radical (unpaired) electrons. The van der Waals surface area contributed by atoms with Crippen LogP contribution >= 0.6 is 0 Å². The number of esters is 1. The first kappa shape index (κ1) is 28.9. The molecule has 2 heterocycles. The van der Waals surface area contributed by atoms with E-state index in [1.807, 2.05) is 6.92 Å². The number of hydrogen-bond donors (Lipinski definition) is 7. The number of ether oxygens (including phenoxy) is 3. The van der Waals surface area contributed by atoms with E-state index in [1.54, 1.807) is 6.92 Å². The lowest BCUT2D eigenvalue weighted by molar-refractivity contribution is -0.325. The van der Waals surface area contributed by atoms with Gasteiger partial charge in [-0.1, -0.05) is 6.92 Å². The van der Waals surface area contributed by atoms with Crippen molar-refractivity contribution in [3.05, 3.63) is 11.6 Å². The summed E-state index contributed by atoms with van der Waals surface area (Å²) in [6, 6.07) is 0. The van der Waals surface area contributed by atoms with Crippen LogP contribution in [-0.2, 0) is 19.0 Å². The van der Waals surface area contributed by atoms with Crippen LogP contribution in [-0.4, -0.2) is 109 Å². The predicted octanol–water partition coefficient (Wildman–Crippen LogP) is -0.486. The van der Waals surface area contributed by atoms with Gasteiger partial charge >= 0.3 is 5.97 Å². The van der Waals surface area contributed by atoms with Crippen molar-refractivity contribution >= 4 is 5.97 Å². The van der Waals surface area contributed by atoms with Crippen molar-refractivity contribution < 1.29 is 54.8 Å². The highest BCUT2D eigenvalue weighted by molar-refractivity contribution is 5.85. The van der Waals surface area contributed by atoms with E-state index < -0.39 is 70.9 Å². The summed E-state index contributed by atoms with van der Waals surface area (Å²) in [5.74, 6) is -1.19. The number of aliphatic hydroxyl groups excluding tert-OH is 5. The minimum atomic E-state index is -1.45. The molecule has 6 aliphatic rings. The summed E-state index contributed by atoms with van der Waals surface area (Å²) in [6.07, 6.45) is -2.81. The largest absolute Gasteiger partial charge is 0.458 e. The molecule has 14 atom stereocenters. The highest BCUT2D eigenvalue weighted by Crippen LogP contribution is 2.70. The number of cyclic esters (lactones) is 1. The number of hydrogen-bond acceptors (Lipinski definition) is 11. The van der Waals surface area contributed by atoms with Crippen molar-refractivity contribution in [3.63, 3.8) is 0 Å². The molecule has 1 saturated heterocycles. The monoisotopic (exact) mass is 568 g/mol. The van der Waals surface area contributed by atoms with Crippen LogP contribution in [0.2, 0.25) is 0 Å². The van der Waals surface area contributed by atoms with Crippen molar-refractivity contribution in [1.82, 2.24) is 0 Å². The van der Waals surface area contributed by atoms with Gasteiger partial charge in [0.05, 0.1) is 36.1 Å². The van der Waals surface area contributed by atoms with E-state index in [2.05, 4.69) is 0 Å². The summed E-state index contributed by atoms with van der Waals surface area (Å²) >= 11 is 0. The number of carbonyl (C=O) groups is 1. The summed E-state index contributed by atoms with van der Waals surface area (Å²) in [5.41, 5.74) is -3.63. The smallest absolute Gasteiger partial charge is 0.331 e. The van der Waals surface area contributed by atoms with Crippen molar-refractivity contribution in [2.45, 2.75) is 119 Å². The fourth-order valence-corrected chi connectivity index (χ4v) is 9.92. The minimum absolute atomic E-state index is 0.164. The first-order valence-corrected chi connectivity index (χ1v) is 14.8. The van der Waals surface area contributed by atoms with Gasteiger partial charge in [0.25, 0.3) is 0 Å². The second-order valence-electron chi connectivity index (χ2n) is 13.7. The van der Waals surface area contributed by atoms with E-state index >= 15 is 0 Å². The summed E-state index contributed by atoms with van der Waals surface area (Å²) < 4.78 is 16.8. The van der Waals surface area contributed by atoms with Gasteiger partial charge in [0.2, 0.25) is 0 Å². The molecule has 2 aliphatic heterocycles. The van der Waals surface area contributed by atoms with E-state index in [1.165, 1.54) is 6.08 Å². The van der Waals surface area contributed by atoms with E-state index in [-0.39, 0.29) is 37.4 Å². The first-order valence-electron chi connectivity index (χ1n) is 14.8. The number of rotatable bonds is 4. The highest BCUT2D eigenvalue weighted by Gasteiger charge is 2.73. The van der Waals surface area contributed by atoms with Crippen molar-refractivity contribution in [2.75, 3.05) is 13.2 Å². The van der Waals surface area contributed by atoms with E-state index in [0.29, 0.717) is 44.9 Å². The lowest BCUT2D eigenvalue weighted by atomic mass is 9.41. The molecule has 0 aromatic rings. The Morgan fingerprint density at radius 3 is 2.42 bits per heavy atom. The Morgan fingerprint density at radius 1 is 1.00 bits per heavy atom. The van der Waals surface area contributed by atoms with Gasteiger partial charge in [-0.25, -0.2) is 4.79 Å². The molecule has 7 N–H and O–H groups in total. The Morgan fingerprint density at radius 2 is 1.75 bits per heavy atom. The lowest BCUT2D eigenvalue weighted by Crippen LogP contribution is -2.72. The van der Waals surface area contributed by atoms with E-state index in [9.17, 15) is 40.5 Å². The molecule has 11 nitrogen and oxygen atoms in total. The molecule has 14 unspecified atom stereocenters. The molecule has 6 rings (SSSR count). The Bertz CT molecular complexity index is 1050. The average Bonchev–Trinajstić information content (AvgIpc) is 3.46. The summed E-state index contributed by atoms with van der Waals surface area (Å²) in [4.78, 5) is 11.8. The van der Waals surface area contributed by atoms with Crippen LogP contribution in [0.1, 0.15) is 65.2 Å². The summed E-state index contributed by atoms with van der Waals surface area (Å²) in [5, 5.41) is 77.8. The number of aliphatic hydroxyl groups is 7. The van der Waals surface area contributed by atoms with Gasteiger partial charge in [-0.3, -0.25) is 0 Å². The molecular weight excluding hydrogens is 524 g/mol. The summed E-state index contributed by atoms with van der Waals surface area (Å²) in [6.45, 7) is 3.36. The Kier molecular flexibility index (Phi) is 7.01. The molecule has 4 aliphatic carbocycles. The second kappa shape index (κ2) is 9.68. The highest BCUT2D eigenvalue weighted by atomic mass is 16.7. The quantitative estimate of drug-likeness (QED) is 0.171. The second-order valence-corrected chi connectivity index (χ2v) is 13.7. The molecular formula is C29H44O11. The zero-order valence-corrected chi connectivity index (χ0v) is 23.2. The van der Waals surface area contributed by atoms with Crippen molar-refractivity contribution in [2.24, 2.45) is 28.6 Å². The minimum Gasteiger partial charge on any atom is -0.458 e. The van der Waals surface area contributed by atoms with Crippen LogP contribution in [0.5, 0.6) is 0 Å². The fraction of sp³-hybridized carbons (Fsp3) is 0.897. The SMILES string of the molecule is CC1OC(OC2CCC3(CO)C4CC(O)C5(C)C(C6=CC(=O)OC6)CCC5(O)C4CCC3(O)C2)C(O)C(O)C1O. The molecule has 0 bridgehead atoms. The standard InChI is InChI=1S/C29H44O11/c1-14-22(33)23(34)24(35)25(39-14)40-16-3-6-27(13-30)19-10-20(31)26(2)17(15-9-21(32)38-12-15)5-8-29(26,37)18(19)4-7-28(27,36)11-16/h9,14,16-20,22-25,30-31,33-37H,3-8,10-13H2,1-2H3. The maximum atomic E-state index is 12.4. The topological polar surface area (TPSA) is 186 Å². The summed E-state index contributed by atoms with van der Waals surface area (Å²) in [7, 11) is 0. The molecule has 4 saturated carbocycles. The Hall–Kier alpha value is -1.15. The van der Waals surface area contributed by atoms with Crippen LogP contribution in [0, 0.1) is 28.6 Å². The third kappa shape index (κ3) is 3.79. The molecule has 5 fully saturated rings. The first-order chi connectivity index (χ1) is 18.8. The van der Waals surface area contributed by atoms with Crippen LogP contribution in [0.4, 0.5) is 0 Å². The molecule has 0 amide bonds. The van der Waals surface area contributed by atoms with Gasteiger partial charge in [-0.2, -0.15) is 0 Å². The lowest BCUT2D eigenvalue weighted by Gasteiger charge is -2.67. The van der Waals surface area contributed by atoms with E-state index in [0.717, 1.165) is 5.57 Å². The predicted molar refractivity (Wildman–Crippen MR) is 137 cm³/mol. The maximum Gasteiger partial charge on any atom is 0.331 e. The van der Waals surface area contributed by atoms with Gasteiger partial charge in [0, 0.05) is 23.3 Å². The fourth-order valence-electron chi connectivity index (χ4n) is 9.92. The molecule has 40 heavy (non-hydrogen) atoms. The zero-order valence-electron chi connectivity index (χ0n) is 23.2. The van der Waals surface area contributed by atoms with Gasteiger partial charge in [0.15, 0.2) is 6.29 Å². The van der Waals surface area contributed by atoms with Crippen LogP contribution in [0.15, 0.2) is 11.6 Å². The molecule has 226 valence electrons. The van der Waals surface area contributed by atoms with Crippen LogP contribution in [0.25, 0.3) is 0 Å². The third-order valence-electron chi connectivity index (χ3n) is 12.3. The van der Waals surface area contributed by atoms with Gasteiger partial charge in [0.1, 0.15) is 24.9 Å². The van der Waals surface area contributed by atoms with Crippen LogP contribution < -0.4 is 0 Å². The van der Waals surface area contributed by atoms with Gasteiger partial charge in [-0.05, 0) is 75.2 Å². The third-order valence-corrected chi connectivity index (χ3v) is 12.3. The van der Waals surface area contributed by atoms with Gasteiger partial charge in [-0.15, -0.1) is 0 Å². The number of carbonyl (C=O) groups excluding carboxylic acids is 1.